The van der Waals surface area contributed by atoms with E-state index in [1.54, 1.807) is 0 Å². The second-order valence-corrected chi connectivity index (χ2v) is 6.81. The van der Waals surface area contributed by atoms with Crippen molar-refractivity contribution in [1.29, 1.82) is 0 Å². The fourth-order valence-corrected chi connectivity index (χ4v) is 3.76. The Hall–Kier alpha value is -2.52. The zero-order valence-corrected chi connectivity index (χ0v) is 14.3. The maximum absolute atomic E-state index is 11.3. The molecule has 0 heterocycles. The Morgan fingerprint density at radius 1 is 1.08 bits per heavy atom. The van der Waals surface area contributed by atoms with Gasteiger partial charge in [-0.1, -0.05) is 41.9 Å². The standard InChI is InChI=1S/C21H17ClO3/c22-18-5-1-3-14-4-2-6-19(20(14)18)25-17-10-9-13-7-8-15(21(23)24)11-16(13)12-17/h1-6,9-10,12,15H,7-8,11H2,(H,23,24). The lowest BCUT2D eigenvalue weighted by Crippen LogP contribution is -2.22. The van der Waals surface area contributed by atoms with Gasteiger partial charge in [0.2, 0.25) is 0 Å². The second kappa shape index (κ2) is 6.41. The van der Waals surface area contributed by atoms with Crippen LogP contribution < -0.4 is 4.74 Å². The summed E-state index contributed by atoms with van der Waals surface area (Å²) in [6, 6.07) is 17.5. The smallest absolute Gasteiger partial charge is 0.306 e. The van der Waals surface area contributed by atoms with Crippen molar-refractivity contribution in [3.05, 3.63) is 70.7 Å². The Morgan fingerprint density at radius 2 is 1.88 bits per heavy atom. The molecule has 0 bridgehead atoms. The molecule has 0 aromatic heterocycles. The summed E-state index contributed by atoms with van der Waals surface area (Å²) in [6.45, 7) is 0. The number of carboxylic acids is 1. The van der Waals surface area contributed by atoms with Crippen LogP contribution in [0.1, 0.15) is 17.5 Å². The minimum absolute atomic E-state index is 0.310. The first-order valence-electron chi connectivity index (χ1n) is 8.31. The molecule has 0 spiro atoms. The Bertz CT molecular complexity index is 959. The summed E-state index contributed by atoms with van der Waals surface area (Å²) in [7, 11) is 0. The maximum Gasteiger partial charge on any atom is 0.306 e. The number of carboxylic acid groups (broad SMARTS) is 1. The van der Waals surface area contributed by atoms with Crippen molar-refractivity contribution in [2.45, 2.75) is 19.3 Å². The number of rotatable bonds is 3. The average Bonchev–Trinajstić information content (AvgIpc) is 2.61. The van der Waals surface area contributed by atoms with Crippen LogP contribution in [0.5, 0.6) is 11.5 Å². The lowest BCUT2D eigenvalue weighted by atomic mass is 9.84. The molecule has 0 fully saturated rings. The van der Waals surface area contributed by atoms with E-state index in [0.717, 1.165) is 22.8 Å². The fraction of sp³-hybridized carbons (Fsp3) is 0.190. The van der Waals surface area contributed by atoms with Gasteiger partial charge in [0.25, 0.3) is 0 Å². The molecule has 4 heteroatoms. The summed E-state index contributed by atoms with van der Waals surface area (Å²) in [6.07, 6.45) is 2.05. The molecule has 1 aliphatic rings. The van der Waals surface area contributed by atoms with Gasteiger partial charge in [0.1, 0.15) is 11.5 Å². The molecule has 3 aromatic rings. The summed E-state index contributed by atoms with van der Waals surface area (Å²) in [5, 5.41) is 11.8. The number of fused-ring (bicyclic) bond motifs is 2. The first-order chi connectivity index (χ1) is 12.1. The summed E-state index contributed by atoms with van der Waals surface area (Å²) in [5.74, 6) is 0.374. The zero-order valence-electron chi connectivity index (χ0n) is 13.5. The Labute approximate surface area is 150 Å². The molecule has 0 aliphatic heterocycles. The van der Waals surface area contributed by atoms with Crippen LogP contribution >= 0.6 is 11.6 Å². The van der Waals surface area contributed by atoms with Crippen molar-refractivity contribution >= 4 is 28.3 Å². The summed E-state index contributed by atoms with van der Waals surface area (Å²) >= 11 is 6.35. The molecule has 0 saturated heterocycles. The van der Waals surface area contributed by atoms with E-state index in [1.807, 2.05) is 54.6 Å². The number of hydrogen-bond donors (Lipinski definition) is 1. The van der Waals surface area contributed by atoms with Gasteiger partial charge in [-0.25, -0.2) is 0 Å². The number of benzene rings is 3. The van der Waals surface area contributed by atoms with E-state index < -0.39 is 5.97 Å². The number of carbonyl (C=O) groups is 1. The molecular formula is C21H17ClO3. The third-order valence-electron chi connectivity index (χ3n) is 4.80. The van der Waals surface area contributed by atoms with Crippen LogP contribution in [0.15, 0.2) is 54.6 Å². The second-order valence-electron chi connectivity index (χ2n) is 6.40. The number of ether oxygens (including phenoxy) is 1. The van der Waals surface area contributed by atoms with Gasteiger partial charge in [-0.15, -0.1) is 0 Å². The van der Waals surface area contributed by atoms with E-state index in [2.05, 4.69) is 0 Å². The largest absolute Gasteiger partial charge is 0.481 e. The molecule has 0 amide bonds. The zero-order chi connectivity index (χ0) is 17.4. The normalized spacial score (nSPS) is 16.4. The third-order valence-corrected chi connectivity index (χ3v) is 5.11. The predicted octanol–water partition coefficient (Wildman–Crippen LogP) is 5.48. The van der Waals surface area contributed by atoms with Gasteiger partial charge in [0.05, 0.1) is 10.9 Å². The highest BCUT2D eigenvalue weighted by molar-refractivity contribution is 6.36. The highest BCUT2D eigenvalue weighted by atomic mass is 35.5. The van der Waals surface area contributed by atoms with Crippen LogP contribution in [0.4, 0.5) is 0 Å². The number of aryl methyl sites for hydroxylation is 1. The molecular weight excluding hydrogens is 336 g/mol. The van der Waals surface area contributed by atoms with Crippen LogP contribution in [0.3, 0.4) is 0 Å². The maximum atomic E-state index is 11.3. The van der Waals surface area contributed by atoms with Gasteiger partial charge >= 0.3 is 5.97 Å². The predicted molar refractivity (Wildman–Crippen MR) is 98.6 cm³/mol. The van der Waals surface area contributed by atoms with E-state index >= 15 is 0 Å². The molecule has 4 rings (SSSR count). The van der Waals surface area contributed by atoms with E-state index in [4.69, 9.17) is 16.3 Å². The van der Waals surface area contributed by atoms with Gasteiger partial charge in [0.15, 0.2) is 0 Å². The monoisotopic (exact) mass is 352 g/mol. The topological polar surface area (TPSA) is 46.5 Å². The molecule has 1 unspecified atom stereocenters. The molecule has 126 valence electrons. The van der Waals surface area contributed by atoms with Crippen LogP contribution in [-0.4, -0.2) is 11.1 Å². The quantitative estimate of drug-likeness (QED) is 0.679. The van der Waals surface area contributed by atoms with Crippen molar-refractivity contribution in [2.24, 2.45) is 5.92 Å². The number of hydrogen-bond acceptors (Lipinski definition) is 2. The van der Waals surface area contributed by atoms with Crippen molar-refractivity contribution < 1.29 is 14.6 Å². The lowest BCUT2D eigenvalue weighted by molar-refractivity contribution is -0.142. The van der Waals surface area contributed by atoms with Crippen molar-refractivity contribution in [2.75, 3.05) is 0 Å². The Kier molecular flexibility index (Phi) is 4.10. The first kappa shape index (κ1) is 16.0. The number of halogens is 1. The highest BCUT2D eigenvalue weighted by Crippen LogP contribution is 2.36. The highest BCUT2D eigenvalue weighted by Gasteiger charge is 2.24. The van der Waals surface area contributed by atoms with E-state index in [-0.39, 0.29) is 5.92 Å². The third kappa shape index (κ3) is 3.08. The molecule has 1 aliphatic carbocycles. The summed E-state index contributed by atoms with van der Waals surface area (Å²) in [5.41, 5.74) is 2.27. The molecule has 3 aromatic carbocycles. The lowest BCUT2D eigenvalue weighted by Gasteiger charge is -2.22. The van der Waals surface area contributed by atoms with Crippen molar-refractivity contribution in [1.82, 2.24) is 0 Å². The first-order valence-corrected chi connectivity index (χ1v) is 8.69. The Balaban J connectivity index is 1.69. The van der Waals surface area contributed by atoms with Crippen LogP contribution in [0, 0.1) is 5.92 Å². The summed E-state index contributed by atoms with van der Waals surface area (Å²) in [4.78, 5) is 11.3. The van der Waals surface area contributed by atoms with E-state index in [9.17, 15) is 9.90 Å². The molecule has 1 N–H and O–H groups in total. The molecule has 0 radical (unpaired) electrons. The van der Waals surface area contributed by atoms with E-state index in [0.29, 0.717) is 29.4 Å². The minimum Gasteiger partial charge on any atom is -0.481 e. The Morgan fingerprint density at radius 3 is 2.68 bits per heavy atom. The fourth-order valence-electron chi connectivity index (χ4n) is 3.48. The number of aliphatic carboxylic acids is 1. The van der Waals surface area contributed by atoms with Gasteiger partial charge in [-0.3, -0.25) is 4.79 Å². The summed E-state index contributed by atoms with van der Waals surface area (Å²) < 4.78 is 6.10. The molecule has 1 atom stereocenters. The van der Waals surface area contributed by atoms with Crippen molar-refractivity contribution in [3.8, 4) is 11.5 Å². The van der Waals surface area contributed by atoms with Crippen molar-refractivity contribution in [3.63, 3.8) is 0 Å². The van der Waals surface area contributed by atoms with Gasteiger partial charge in [-0.05, 0) is 60.0 Å². The van der Waals surface area contributed by atoms with Gasteiger partial charge in [0, 0.05) is 5.39 Å². The molecule has 0 saturated carbocycles. The molecule has 25 heavy (non-hydrogen) atoms. The van der Waals surface area contributed by atoms with Gasteiger partial charge in [-0.2, -0.15) is 0 Å². The van der Waals surface area contributed by atoms with Crippen LogP contribution in [-0.2, 0) is 17.6 Å². The SMILES string of the molecule is O=C(O)C1CCc2ccc(Oc3cccc4cccc(Cl)c34)cc2C1. The van der Waals surface area contributed by atoms with Crippen LogP contribution in [0.2, 0.25) is 5.02 Å². The van der Waals surface area contributed by atoms with Crippen LogP contribution in [0.25, 0.3) is 10.8 Å². The van der Waals surface area contributed by atoms with E-state index in [1.165, 1.54) is 5.56 Å². The average molecular weight is 353 g/mol. The van der Waals surface area contributed by atoms with Gasteiger partial charge < -0.3 is 9.84 Å². The minimum atomic E-state index is -0.724. The molecule has 3 nitrogen and oxygen atoms in total.